The number of amides is 2. The van der Waals surface area contributed by atoms with Crippen LogP contribution in [-0.4, -0.2) is 30.6 Å². The molecule has 3 rings (SSSR count). The highest BCUT2D eigenvalue weighted by atomic mass is 16.2. The molecule has 96 valence electrons. The molecule has 18 heavy (non-hydrogen) atoms. The van der Waals surface area contributed by atoms with Gasteiger partial charge in [-0.15, -0.1) is 0 Å². The SMILES string of the molecule is O=C1NCCc2ccc(C3CCNCC3)nc2N1. The second kappa shape index (κ2) is 4.94. The van der Waals surface area contributed by atoms with Gasteiger partial charge in [-0.2, -0.15) is 0 Å². The number of anilines is 1. The summed E-state index contributed by atoms with van der Waals surface area (Å²) >= 11 is 0. The first-order chi connectivity index (χ1) is 8.83. The molecule has 3 N–H and O–H groups in total. The molecule has 2 aliphatic rings. The fourth-order valence-electron chi connectivity index (χ4n) is 2.62. The van der Waals surface area contributed by atoms with Gasteiger partial charge in [-0.05, 0) is 44.0 Å². The summed E-state index contributed by atoms with van der Waals surface area (Å²) in [5, 5.41) is 8.97. The maximum absolute atomic E-state index is 11.5. The smallest absolute Gasteiger partial charge is 0.320 e. The second-order valence-corrected chi connectivity index (χ2v) is 4.90. The highest BCUT2D eigenvalue weighted by Gasteiger charge is 2.19. The second-order valence-electron chi connectivity index (χ2n) is 4.90. The lowest BCUT2D eigenvalue weighted by atomic mass is 9.93. The number of fused-ring (bicyclic) bond motifs is 1. The number of aromatic nitrogens is 1. The van der Waals surface area contributed by atoms with Gasteiger partial charge >= 0.3 is 6.03 Å². The van der Waals surface area contributed by atoms with E-state index in [0.29, 0.717) is 12.5 Å². The summed E-state index contributed by atoms with van der Waals surface area (Å²) in [6.07, 6.45) is 3.09. The number of carbonyl (C=O) groups excluding carboxylic acids is 1. The largest absolute Gasteiger partial charge is 0.337 e. The van der Waals surface area contributed by atoms with E-state index in [1.165, 1.54) is 0 Å². The van der Waals surface area contributed by atoms with Crippen LogP contribution >= 0.6 is 0 Å². The maximum Gasteiger partial charge on any atom is 0.320 e. The van der Waals surface area contributed by atoms with Gasteiger partial charge in [0.15, 0.2) is 0 Å². The number of piperidine rings is 1. The van der Waals surface area contributed by atoms with Crippen LogP contribution < -0.4 is 16.0 Å². The first kappa shape index (κ1) is 11.5. The van der Waals surface area contributed by atoms with Crippen LogP contribution in [0.15, 0.2) is 12.1 Å². The van der Waals surface area contributed by atoms with E-state index in [0.717, 1.165) is 49.4 Å². The summed E-state index contributed by atoms with van der Waals surface area (Å²) in [5.74, 6) is 1.26. The van der Waals surface area contributed by atoms with Crippen molar-refractivity contribution in [2.45, 2.75) is 25.2 Å². The molecular formula is C13H18N4O. The Hall–Kier alpha value is -1.62. The van der Waals surface area contributed by atoms with Crippen LogP contribution in [0.1, 0.15) is 30.0 Å². The Labute approximate surface area is 106 Å². The van der Waals surface area contributed by atoms with Crippen LogP contribution in [0, 0.1) is 0 Å². The van der Waals surface area contributed by atoms with Gasteiger partial charge in [0.05, 0.1) is 0 Å². The van der Waals surface area contributed by atoms with E-state index in [2.05, 4.69) is 33.1 Å². The molecule has 3 heterocycles. The molecule has 0 saturated carbocycles. The van der Waals surface area contributed by atoms with Crippen molar-refractivity contribution in [3.05, 3.63) is 23.4 Å². The predicted octanol–water partition coefficient (Wildman–Crippen LogP) is 1.23. The van der Waals surface area contributed by atoms with Gasteiger partial charge in [0.1, 0.15) is 5.82 Å². The van der Waals surface area contributed by atoms with Crippen molar-refractivity contribution >= 4 is 11.8 Å². The van der Waals surface area contributed by atoms with Crippen LogP contribution in [0.4, 0.5) is 10.6 Å². The Bertz CT molecular complexity index is 454. The molecule has 0 bridgehead atoms. The molecule has 1 aromatic heterocycles. The first-order valence-corrected chi connectivity index (χ1v) is 6.58. The quantitative estimate of drug-likeness (QED) is 0.698. The summed E-state index contributed by atoms with van der Waals surface area (Å²) in [5.41, 5.74) is 2.23. The average molecular weight is 246 g/mol. The molecule has 2 amide bonds. The van der Waals surface area contributed by atoms with Gasteiger partial charge in [0.2, 0.25) is 0 Å². The third kappa shape index (κ3) is 2.31. The lowest BCUT2D eigenvalue weighted by Crippen LogP contribution is -2.28. The predicted molar refractivity (Wildman–Crippen MR) is 69.8 cm³/mol. The van der Waals surface area contributed by atoms with E-state index in [1.807, 2.05) is 0 Å². The van der Waals surface area contributed by atoms with Gasteiger partial charge < -0.3 is 10.6 Å². The van der Waals surface area contributed by atoms with E-state index in [1.54, 1.807) is 0 Å². The molecular weight excluding hydrogens is 228 g/mol. The Morgan fingerprint density at radius 3 is 2.83 bits per heavy atom. The van der Waals surface area contributed by atoms with Crippen molar-refractivity contribution in [1.29, 1.82) is 0 Å². The molecule has 0 atom stereocenters. The minimum absolute atomic E-state index is 0.149. The van der Waals surface area contributed by atoms with Gasteiger partial charge in [0.25, 0.3) is 0 Å². The zero-order chi connectivity index (χ0) is 12.4. The fourth-order valence-corrected chi connectivity index (χ4v) is 2.62. The number of hydrogen-bond donors (Lipinski definition) is 3. The zero-order valence-corrected chi connectivity index (χ0v) is 10.3. The minimum atomic E-state index is -0.149. The van der Waals surface area contributed by atoms with Gasteiger partial charge in [0, 0.05) is 18.2 Å². The van der Waals surface area contributed by atoms with Crippen LogP contribution in [-0.2, 0) is 6.42 Å². The van der Waals surface area contributed by atoms with Crippen molar-refractivity contribution in [3.63, 3.8) is 0 Å². The van der Waals surface area contributed by atoms with Crippen LogP contribution in [0.2, 0.25) is 0 Å². The Morgan fingerprint density at radius 1 is 1.17 bits per heavy atom. The van der Waals surface area contributed by atoms with Gasteiger partial charge in [-0.1, -0.05) is 6.07 Å². The fraction of sp³-hybridized carbons (Fsp3) is 0.538. The van der Waals surface area contributed by atoms with Crippen molar-refractivity contribution in [2.24, 2.45) is 0 Å². The topological polar surface area (TPSA) is 66.0 Å². The third-order valence-corrected chi connectivity index (χ3v) is 3.67. The number of nitrogens with one attached hydrogen (secondary N) is 3. The van der Waals surface area contributed by atoms with Crippen LogP contribution in [0.25, 0.3) is 0 Å². The summed E-state index contributed by atoms with van der Waals surface area (Å²) in [7, 11) is 0. The lowest BCUT2D eigenvalue weighted by molar-refractivity contribution is 0.252. The van der Waals surface area contributed by atoms with Crippen LogP contribution in [0.5, 0.6) is 0 Å². The standard InChI is InChI=1S/C13H18N4O/c18-13-15-8-5-10-1-2-11(16-12(10)17-13)9-3-6-14-7-4-9/h1-2,9,14H,3-8H2,(H2,15,16,17,18). The van der Waals surface area contributed by atoms with Gasteiger partial charge in [-0.25, -0.2) is 9.78 Å². The molecule has 2 aliphatic heterocycles. The third-order valence-electron chi connectivity index (χ3n) is 3.67. The van der Waals surface area contributed by atoms with E-state index in [-0.39, 0.29) is 6.03 Å². The number of carbonyl (C=O) groups is 1. The summed E-state index contributed by atoms with van der Waals surface area (Å²) in [6.45, 7) is 2.78. The van der Waals surface area contributed by atoms with Crippen molar-refractivity contribution in [1.82, 2.24) is 15.6 Å². The maximum atomic E-state index is 11.5. The number of rotatable bonds is 1. The number of pyridine rings is 1. The summed E-state index contributed by atoms with van der Waals surface area (Å²) < 4.78 is 0. The molecule has 0 aliphatic carbocycles. The summed E-state index contributed by atoms with van der Waals surface area (Å²) in [4.78, 5) is 16.1. The van der Waals surface area contributed by atoms with E-state index in [4.69, 9.17) is 0 Å². The molecule has 0 aromatic carbocycles. The first-order valence-electron chi connectivity index (χ1n) is 6.58. The van der Waals surface area contributed by atoms with Crippen molar-refractivity contribution in [3.8, 4) is 0 Å². The molecule has 1 fully saturated rings. The highest BCUT2D eigenvalue weighted by Crippen LogP contribution is 2.26. The lowest BCUT2D eigenvalue weighted by Gasteiger charge is -2.22. The molecule has 0 spiro atoms. The Morgan fingerprint density at radius 2 is 2.00 bits per heavy atom. The normalized spacial score (nSPS) is 20.6. The molecule has 5 nitrogen and oxygen atoms in total. The van der Waals surface area contributed by atoms with E-state index < -0.39 is 0 Å². The van der Waals surface area contributed by atoms with E-state index in [9.17, 15) is 4.79 Å². The number of urea groups is 1. The monoisotopic (exact) mass is 246 g/mol. The Kier molecular flexibility index (Phi) is 3.15. The number of hydrogen-bond acceptors (Lipinski definition) is 3. The number of nitrogens with zero attached hydrogens (tertiary/aromatic N) is 1. The van der Waals surface area contributed by atoms with Crippen LogP contribution in [0.3, 0.4) is 0 Å². The van der Waals surface area contributed by atoms with E-state index >= 15 is 0 Å². The molecule has 1 aromatic rings. The van der Waals surface area contributed by atoms with Crippen molar-refractivity contribution in [2.75, 3.05) is 25.0 Å². The molecule has 0 unspecified atom stereocenters. The average Bonchev–Trinajstić information content (AvgIpc) is 2.59. The molecule has 1 saturated heterocycles. The molecule has 5 heteroatoms. The summed E-state index contributed by atoms with van der Waals surface area (Å²) in [6, 6.07) is 4.07. The zero-order valence-electron chi connectivity index (χ0n) is 10.3. The van der Waals surface area contributed by atoms with Gasteiger partial charge in [-0.3, -0.25) is 5.32 Å². The molecule has 0 radical (unpaired) electrons. The minimum Gasteiger partial charge on any atom is -0.337 e. The Balaban J connectivity index is 1.86. The highest BCUT2D eigenvalue weighted by molar-refractivity contribution is 5.89. The van der Waals surface area contributed by atoms with Crippen molar-refractivity contribution < 1.29 is 4.79 Å².